The number of carbonyl (C=O) groups is 1. The molecule has 10 heteroatoms. The largest absolute Gasteiger partial charge is 0.493 e. The van der Waals surface area contributed by atoms with E-state index in [1.807, 2.05) is 0 Å². The molecule has 3 N–H and O–H groups in total. The maximum absolute atomic E-state index is 10.6. The van der Waals surface area contributed by atoms with E-state index in [4.69, 9.17) is 19.9 Å². The van der Waals surface area contributed by atoms with Gasteiger partial charge in [-0.2, -0.15) is 5.10 Å². The summed E-state index contributed by atoms with van der Waals surface area (Å²) < 4.78 is 16.4. The Morgan fingerprint density at radius 1 is 1.19 bits per heavy atom. The molecule has 0 spiro atoms. The minimum absolute atomic E-state index is 0.00186. The van der Waals surface area contributed by atoms with Gasteiger partial charge in [0.15, 0.2) is 11.5 Å². The number of urea groups is 1. The summed E-state index contributed by atoms with van der Waals surface area (Å²) in [5.41, 5.74) is 7.69. The van der Waals surface area contributed by atoms with Crippen molar-refractivity contribution in [3.8, 4) is 17.2 Å². The third-order valence-corrected chi connectivity index (χ3v) is 3.23. The van der Waals surface area contributed by atoms with E-state index in [2.05, 4.69) is 10.5 Å². The molecular weight excluding hydrogens is 356 g/mol. The fourth-order valence-corrected chi connectivity index (χ4v) is 2.03. The number of methoxy groups -OCH3 is 1. The van der Waals surface area contributed by atoms with Crippen LogP contribution in [0.15, 0.2) is 47.6 Å². The maximum Gasteiger partial charge on any atom is 0.332 e. The molecule has 0 aliphatic heterocycles. The summed E-state index contributed by atoms with van der Waals surface area (Å²) >= 11 is 0. The van der Waals surface area contributed by atoms with Crippen LogP contribution >= 0.6 is 0 Å². The summed E-state index contributed by atoms with van der Waals surface area (Å²) in [5, 5.41) is 14.3. The number of nitrogens with zero attached hydrogens (tertiary/aromatic N) is 2. The highest BCUT2D eigenvalue weighted by molar-refractivity contribution is 5.82. The Morgan fingerprint density at radius 3 is 2.52 bits per heavy atom. The number of nitrogens with two attached hydrogens (primary N) is 1. The van der Waals surface area contributed by atoms with Gasteiger partial charge in [0.1, 0.15) is 19.0 Å². The second kappa shape index (κ2) is 9.61. The molecule has 0 aliphatic carbocycles. The Labute approximate surface area is 154 Å². The van der Waals surface area contributed by atoms with Crippen LogP contribution in [0.1, 0.15) is 5.56 Å². The third kappa shape index (κ3) is 6.20. The molecule has 0 unspecified atom stereocenters. The summed E-state index contributed by atoms with van der Waals surface area (Å²) in [6, 6.07) is 10.1. The number of nitrogens with one attached hydrogen (secondary N) is 1. The molecule has 0 fully saturated rings. The van der Waals surface area contributed by atoms with E-state index in [0.29, 0.717) is 22.8 Å². The zero-order valence-electron chi connectivity index (χ0n) is 14.5. The van der Waals surface area contributed by atoms with Crippen LogP contribution in [0.4, 0.5) is 10.5 Å². The van der Waals surface area contributed by atoms with E-state index in [1.165, 1.54) is 37.6 Å². The number of amides is 2. The monoisotopic (exact) mass is 374 g/mol. The molecule has 2 rings (SSSR count). The smallest absolute Gasteiger partial charge is 0.332 e. The number of carbonyl (C=O) groups excluding carboxylic acids is 1. The van der Waals surface area contributed by atoms with Gasteiger partial charge in [-0.1, -0.05) is 0 Å². The van der Waals surface area contributed by atoms with Crippen molar-refractivity contribution in [2.45, 2.75) is 0 Å². The van der Waals surface area contributed by atoms with Gasteiger partial charge >= 0.3 is 6.03 Å². The first-order valence-corrected chi connectivity index (χ1v) is 7.76. The maximum atomic E-state index is 10.6. The van der Waals surface area contributed by atoms with Gasteiger partial charge in [0, 0.05) is 12.1 Å². The molecule has 0 saturated carbocycles. The SMILES string of the molecule is COc1cc(/C=N/NC(N)=O)ccc1OCCOc1ccc([N+](=O)[O-])cc1. The average molecular weight is 374 g/mol. The lowest BCUT2D eigenvalue weighted by Gasteiger charge is -2.12. The van der Waals surface area contributed by atoms with Gasteiger partial charge in [0.2, 0.25) is 0 Å². The molecular formula is C17H18N4O6. The molecule has 142 valence electrons. The molecule has 2 aromatic carbocycles. The second-order valence-electron chi connectivity index (χ2n) is 5.09. The van der Waals surface area contributed by atoms with Gasteiger partial charge in [-0.25, -0.2) is 10.2 Å². The lowest BCUT2D eigenvalue weighted by Crippen LogP contribution is -2.24. The van der Waals surface area contributed by atoms with Crippen molar-refractivity contribution < 1.29 is 23.9 Å². The van der Waals surface area contributed by atoms with Gasteiger partial charge in [-0.15, -0.1) is 0 Å². The molecule has 0 radical (unpaired) electrons. The van der Waals surface area contributed by atoms with Gasteiger partial charge < -0.3 is 19.9 Å². The molecule has 10 nitrogen and oxygen atoms in total. The van der Waals surface area contributed by atoms with E-state index in [1.54, 1.807) is 18.2 Å². The van der Waals surface area contributed by atoms with Gasteiger partial charge in [-0.05, 0) is 35.9 Å². The van der Waals surface area contributed by atoms with Crippen LogP contribution < -0.4 is 25.4 Å². The zero-order chi connectivity index (χ0) is 19.6. The van der Waals surface area contributed by atoms with Crippen molar-refractivity contribution in [3.63, 3.8) is 0 Å². The minimum atomic E-state index is -0.758. The first-order chi connectivity index (χ1) is 13.0. The van der Waals surface area contributed by atoms with Crippen molar-refractivity contribution in [3.05, 3.63) is 58.1 Å². The highest BCUT2D eigenvalue weighted by Gasteiger charge is 2.07. The number of nitro groups is 1. The molecule has 27 heavy (non-hydrogen) atoms. The molecule has 0 aromatic heterocycles. The van der Waals surface area contributed by atoms with Crippen LogP contribution in [0.2, 0.25) is 0 Å². The van der Waals surface area contributed by atoms with Crippen molar-refractivity contribution >= 4 is 17.9 Å². The van der Waals surface area contributed by atoms with Crippen molar-refractivity contribution in [1.29, 1.82) is 0 Å². The minimum Gasteiger partial charge on any atom is -0.493 e. The number of hydrogen-bond acceptors (Lipinski definition) is 7. The topological polar surface area (TPSA) is 138 Å². The summed E-state index contributed by atoms with van der Waals surface area (Å²) in [6.45, 7) is 0.483. The van der Waals surface area contributed by atoms with Crippen LogP contribution in [-0.2, 0) is 0 Å². The number of benzene rings is 2. The Morgan fingerprint density at radius 2 is 1.89 bits per heavy atom. The summed E-state index contributed by atoms with van der Waals surface area (Å²) in [4.78, 5) is 20.7. The number of hydrogen-bond donors (Lipinski definition) is 2. The van der Waals surface area contributed by atoms with E-state index >= 15 is 0 Å². The molecule has 0 aliphatic rings. The molecule has 0 bridgehead atoms. The molecule has 2 aromatic rings. The van der Waals surface area contributed by atoms with Crippen LogP contribution in [0.25, 0.3) is 0 Å². The Bertz CT molecular complexity index is 823. The van der Waals surface area contributed by atoms with Crippen LogP contribution in [0.3, 0.4) is 0 Å². The summed E-state index contributed by atoms with van der Waals surface area (Å²) in [6.07, 6.45) is 1.41. The summed E-state index contributed by atoms with van der Waals surface area (Å²) in [7, 11) is 1.50. The number of ether oxygens (including phenoxy) is 3. The van der Waals surface area contributed by atoms with Crippen LogP contribution in [-0.4, -0.2) is 37.5 Å². The number of rotatable bonds is 9. The van der Waals surface area contributed by atoms with Crippen LogP contribution in [0, 0.1) is 10.1 Å². The lowest BCUT2D eigenvalue weighted by molar-refractivity contribution is -0.384. The van der Waals surface area contributed by atoms with Gasteiger partial charge in [-0.3, -0.25) is 10.1 Å². The van der Waals surface area contributed by atoms with E-state index in [0.717, 1.165) is 0 Å². The first kappa shape index (κ1) is 19.5. The van der Waals surface area contributed by atoms with Crippen LogP contribution in [0.5, 0.6) is 17.2 Å². The highest BCUT2D eigenvalue weighted by atomic mass is 16.6. The average Bonchev–Trinajstić information content (AvgIpc) is 2.66. The Balaban J connectivity index is 1.86. The third-order valence-electron chi connectivity index (χ3n) is 3.23. The zero-order valence-corrected chi connectivity index (χ0v) is 14.5. The Kier molecular flexibility index (Phi) is 6.94. The normalized spacial score (nSPS) is 10.4. The predicted molar refractivity (Wildman–Crippen MR) is 97.4 cm³/mol. The van der Waals surface area contributed by atoms with E-state index in [-0.39, 0.29) is 18.9 Å². The number of primary amides is 1. The molecule has 0 heterocycles. The van der Waals surface area contributed by atoms with Crippen molar-refractivity contribution in [2.24, 2.45) is 10.8 Å². The quantitative estimate of drug-likeness (QED) is 0.298. The second-order valence-corrected chi connectivity index (χ2v) is 5.09. The number of hydrazone groups is 1. The standard InChI is InChI=1S/C17H18N4O6/c1-25-16-10-12(11-19-20-17(18)22)2-7-15(16)27-9-8-26-14-5-3-13(4-6-14)21(23)24/h2-7,10-11H,8-9H2,1H3,(H3,18,20,22)/b19-11+. The molecule has 0 atom stereocenters. The number of non-ortho nitro benzene ring substituents is 1. The van der Waals surface area contributed by atoms with Crippen molar-refractivity contribution in [1.82, 2.24) is 5.43 Å². The predicted octanol–water partition coefficient (Wildman–Crippen LogP) is 2.06. The van der Waals surface area contributed by atoms with E-state index < -0.39 is 11.0 Å². The molecule has 0 saturated heterocycles. The summed E-state index contributed by atoms with van der Waals surface area (Å²) in [5.74, 6) is 1.49. The fraction of sp³-hybridized carbons (Fsp3) is 0.176. The molecule has 2 amide bonds. The Hall–Kier alpha value is -3.82. The lowest BCUT2D eigenvalue weighted by atomic mass is 10.2. The first-order valence-electron chi connectivity index (χ1n) is 7.76. The van der Waals surface area contributed by atoms with Crippen molar-refractivity contribution in [2.75, 3.05) is 20.3 Å². The fourth-order valence-electron chi connectivity index (χ4n) is 2.03. The van der Waals surface area contributed by atoms with Gasteiger partial charge in [0.05, 0.1) is 18.2 Å². The highest BCUT2D eigenvalue weighted by Crippen LogP contribution is 2.27. The van der Waals surface area contributed by atoms with E-state index in [9.17, 15) is 14.9 Å². The number of nitro benzene ring substituents is 1. The van der Waals surface area contributed by atoms with Gasteiger partial charge in [0.25, 0.3) is 5.69 Å².